The van der Waals surface area contributed by atoms with Crippen LogP contribution in [0, 0.1) is 5.92 Å². The number of hydrogen-bond donors (Lipinski definition) is 2. The molecule has 1 aromatic heterocycles. The zero-order valence-corrected chi connectivity index (χ0v) is 16.6. The molecule has 0 amide bonds. The van der Waals surface area contributed by atoms with Crippen molar-refractivity contribution in [1.82, 2.24) is 0 Å². The van der Waals surface area contributed by atoms with Gasteiger partial charge in [0.25, 0.3) is 0 Å². The second-order valence-corrected chi connectivity index (χ2v) is 7.95. The van der Waals surface area contributed by atoms with E-state index in [2.05, 4.69) is 44.4 Å². The summed E-state index contributed by atoms with van der Waals surface area (Å²) in [5, 5.41) is 2.57. The average Bonchev–Trinajstić information content (AvgIpc) is 3.17. The number of nitrogens with two attached hydrogens (primary N) is 1. The van der Waals surface area contributed by atoms with Crippen LogP contribution in [0.15, 0.2) is 47.1 Å². The summed E-state index contributed by atoms with van der Waals surface area (Å²) in [6.07, 6.45) is 4.12. The molecular formula is C22H34N2O2+2. The Balaban J connectivity index is 1.68. The average molecular weight is 359 g/mol. The highest BCUT2D eigenvalue weighted by molar-refractivity contribution is 5.39. The lowest BCUT2D eigenvalue weighted by Gasteiger charge is -2.35. The SMILES string of the molecule is COc1ccccc1[C@H](CC[NH2+][C@@H]1C[C@@H](C)[NH+](C)C[C@H]1C)c1ccco1. The number of benzene rings is 1. The summed E-state index contributed by atoms with van der Waals surface area (Å²) in [4.78, 5) is 1.67. The summed E-state index contributed by atoms with van der Waals surface area (Å²) in [5.41, 5.74) is 1.22. The minimum Gasteiger partial charge on any atom is -0.496 e. The fraction of sp³-hybridized carbons (Fsp3) is 0.545. The van der Waals surface area contributed by atoms with Gasteiger partial charge >= 0.3 is 0 Å². The molecule has 3 N–H and O–H groups in total. The first-order valence-electron chi connectivity index (χ1n) is 9.92. The molecule has 26 heavy (non-hydrogen) atoms. The molecule has 0 aliphatic carbocycles. The first-order valence-corrected chi connectivity index (χ1v) is 9.92. The minimum atomic E-state index is 0.238. The van der Waals surface area contributed by atoms with E-state index in [9.17, 15) is 0 Å². The van der Waals surface area contributed by atoms with Crippen LogP contribution < -0.4 is 15.0 Å². The molecule has 1 fully saturated rings. The molecule has 1 saturated heterocycles. The summed E-state index contributed by atoms with van der Waals surface area (Å²) in [5.74, 6) is 2.97. The number of ether oxygens (including phenoxy) is 1. The summed E-state index contributed by atoms with van der Waals surface area (Å²) < 4.78 is 11.4. The molecule has 2 heterocycles. The summed E-state index contributed by atoms with van der Waals surface area (Å²) in [6, 6.07) is 13.9. The van der Waals surface area contributed by atoms with Gasteiger partial charge < -0.3 is 19.4 Å². The van der Waals surface area contributed by atoms with E-state index in [4.69, 9.17) is 9.15 Å². The first-order chi connectivity index (χ1) is 12.6. The van der Waals surface area contributed by atoms with Gasteiger partial charge in [0, 0.05) is 12.0 Å². The number of nitrogens with one attached hydrogen (secondary N) is 1. The third-order valence-electron chi connectivity index (χ3n) is 6.17. The number of piperidine rings is 1. The van der Waals surface area contributed by atoms with E-state index >= 15 is 0 Å². The van der Waals surface area contributed by atoms with Crippen molar-refractivity contribution in [3.63, 3.8) is 0 Å². The molecule has 0 saturated carbocycles. The highest BCUT2D eigenvalue weighted by Gasteiger charge is 2.34. The first kappa shape index (κ1) is 19.0. The molecule has 2 aromatic rings. The molecule has 1 aliphatic rings. The Bertz CT molecular complexity index is 671. The molecule has 4 heteroatoms. The van der Waals surface area contributed by atoms with Gasteiger partial charge in [-0.05, 0) is 25.1 Å². The smallest absolute Gasteiger partial charge is 0.122 e. The van der Waals surface area contributed by atoms with Gasteiger partial charge in [-0.15, -0.1) is 0 Å². The second-order valence-electron chi connectivity index (χ2n) is 7.95. The lowest BCUT2D eigenvalue weighted by molar-refractivity contribution is -0.922. The van der Waals surface area contributed by atoms with E-state index in [0.29, 0.717) is 0 Å². The molecular weight excluding hydrogens is 324 g/mol. The van der Waals surface area contributed by atoms with Gasteiger partial charge in [0.1, 0.15) is 11.5 Å². The van der Waals surface area contributed by atoms with Crippen LogP contribution in [0.25, 0.3) is 0 Å². The molecule has 142 valence electrons. The molecule has 4 nitrogen and oxygen atoms in total. The summed E-state index contributed by atoms with van der Waals surface area (Å²) >= 11 is 0. The van der Waals surface area contributed by atoms with Crippen LogP contribution in [-0.2, 0) is 0 Å². The van der Waals surface area contributed by atoms with Crippen molar-refractivity contribution in [2.24, 2.45) is 5.92 Å². The predicted molar refractivity (Wildman–Crippen MR) is 104 cm³/mol. The quantitative estimate of drug-likeness (QED) is 0.791. The van der Waals surface area contributed by atoms with Crippen LogP contribution in [-0.4, -0.2) is 39.3 Å². The van der Waals surface area contributed by atoms with E-state index in [-0.39, 0.29) is 5.92 Å². The molecule has 0 spiro atoms. The van der Waals surface area contributed by atoms with Gasteiger partial charge in [-0.1, -0.05) is 25.1 Å². The van der Waals surface area contributed by atoms with Crippen LogP contribution in [0.4, 0.5) is 0 Å². The van der Waals surface area contributed by atoms with E-state index in [1.165, 1.54) is 18.5 Å². The Morgan fingerprint density at radius 2 is 2.04 bits per heavy atom. The van der Waals surface area contributed by atoms with E-state index < -0.39 is 0 Å². The van der Waals surface area contributed by atoms with Crippen molar-refractivity contribution in [2.45, 2.75) is 44.7 Å². The van der Waals surface area contributed by atoms with Crippen molar-refractivity contribution < 1.29 is 19.4 Å². The van der Waals surface area contributed by atoms with Crippen molar-refractivity contribution >= 4 is 0 Å². The number of rotatable bonds is 7. The molecule has 3 rings (SSSR count). The van der Waals surface area contributed by atoms with Crippen LogP contribution in [0.3, 0.4) is 0 Å². The highest BCUT2D eigenvalue weighted by Crippen LogP contribution is 2.34. The third kappa shape index (κ3) is 4.30. The van der Waals surface area contributed by atoms with Crippen molar-refractivity contribution in [1.29, 1.82) is 0 Å². The topological polar surface area (TPSA) is 43.4 Å². The Morgan fingerprint density at radius 3 is 2.77 bits per heavy atom. The van der Waals surface area contributed by atoms with Crippen molar-refractivity contribution in [2.75, 3.05) is 27.2 Å². The van der Waals surface area contributed by atoms with Crippen molar-refractivity contribution in [3.05, 3.63) is 54.0 Å². The Morgan fingerprint density at radius 1 is 1.23 bits per heavy atom. The van der Waals surface area contributed by atoms with Crippen LogP contribution in [0.2, 0.25) is 0 Å². The van der Waals surface area contributed by atoms with E-state index in [0.717, 1.165) is 42.5 Å². The fourth-order valence-corrected chi connectivity index (χ4v) is 4.40. The largest absolute Gasteiger partial charge is 0.496 e. The number of quaternary nitrogens is 2. The highest BCUT2D eigenvalue weighted by atomic mass is 16.5. The zero-order chi connectivity index (χ0) is 18.5. The molecule has 5 atom stereocenters. The second kappa shape index (κ2) is 8.74. The van der Waals surface area contributed by atoms with E-state index in [1.807, 2.05) is 18.2 Å². The monoisotopic (exact) mass is 358 g/mol. The third-order valence-corrected chi connectivity index (χ3v) is 6.17. The number of methoxy groups -OCH3 is 1. The minimum absolute atomic E-state index is 0.238. The standard InChI is InChI=1S/C22H32N2O2/c1-16-15-24(3)17(2)14-20(16)23-12-11-19(22-10-7-13-26-22)18-8-5-6-9-21(18)25-4/h5-10,13,16-17,19-20,23H,11-12,14-15H2,1-4H3/p+2/t16-,17-,19+,20-/m1/s1. The maximum absolute atomic E-state index is 5.77. The van der Waals surface area contributed by atoms with Gasteiger partial charge in [0.15, 0.2) is 0 Å². The Kier molecular flexibility index (Phi) is 6.38. The van der Waals surface area contributed by atoms with Crippen molar-refractivity contribution in [3.8, 4) is 5.75 Å². The molecule has 1 aliphatic heterocycles. The Hall–Kier alpha value is -1.78. The fourth-order valence-electron chi connectivity index (χ4n) is 4.40. The number of hydrogen-bond acceptors (Lipinski definition) is 2. The van der Waals surface area contributed by atoms with Gasteiger partial charge in [-0.25, -0.2) is 0 Å². The molecule has 1 aromatic carbocycles. The lowest BCUT2D eigenvalue weighted by atomic mass is 9.88. The Labute approximate surface area is 157 Å². The zero-order valence-electron chi connectivity index (χ0n) is 16.6. The summed E-state index contributed by atoms with van der Waals surface area (Å²) in [6.45, 7) is 7.16. The molecule has 0 bridgehead atoms. The normalized spacial score (nSPS) is 27.2. The van der Waals surface area contributed by atoms with Gasteiger partial charge in [0.2, 0.25) is 0 Å². The molecule has 1 unspecified atom stereocenters. The molecule has 0 radical (unpaired) electrons. The van der Waals surface area contributed by atoms with Crippen LogP contribution in [0.1, 0.15) is 43.9 Å². The number of furan rings is 1. The van der Waals surface area contributed by atoms with Crippen LogP contribution in [0.5, 0.6) is 5.75 Å². The number of likely N-dealkylation sites (tertiary alicyclic amines) is 1. The van der Waals surface area contributed by atoms with E-state index in [1.54, 1.807) is 18.3 Å². The lowest BCUT2D eigenvalue weighted by Crippen LogP contribution is -3.16. The van der Waals surface area contributed by atoms with Crippen LogP contribution >= 0.6 is 0 Å². The number of para-hydroxylation sites is 1. The summed E-state index contributed by atoms with van der Waals surface area (Å²) in [7, 11) is 4.07. The van der Waals surface area contributed by atoms with Gasteiger partial charge in [0.05, 0.1) is 63.9 Å². The van der Waals surface area contributed by atoms with Gasteiger partial charge in [-0.3, -0.25) is 0 Å². The predicted octanol–water partition coefficient (Wildman–Crippen LogP) is 1.69. The maximum Gasteiger partial charge on any atom is 0.122 e. The van der Waals surface area contributed by atoms with Gasteiger partial charge in [-0.2, -0.15) is 0 Å². The maximum atomic E-state index is 5.77.